The maximum Gasteiger partial charge on any atom is 0.190 e. The van der Waals surface area contributed by atoms with Crippen LogP contribution in [0, 0.1) is 0 Å². The summed E-state index contributed by atoms with van der Waals surface area (Å²) in [4.78, 5) is 25.6. The monoisotopic (exact) mass is 345 g/mol. The molecule has 4 rings (SSSR count). The molecule has 2 aromatic carbocycles. The lowest BCUT2D eigenvalue weighted by molar-refractivity contribution is 0.0970. The van der Waals surface area contributed by atoms with E-state index in [1.165, 1.54) is 5.56 Å². The Balaban J connectivity index is 1.41. The zero-order chi connectivity index (χ0) is 17.9. The third-order valence-corrected chi connectivity index (χ3v) is 5.50. The van der Waals surface area contributed by atoms with Crippen molar-refractivity contribution < 1.29 is 9.59 Å². The van der Waals surface area contributed by atoms with Crippen LogP contribution in [0.5, 0.6) is 0 Å². The van der Waals surface area contributed by atoms with Gasteiger partial charge in [-0.2, -0.15) is 0 Å². The molecule has 1 N–H and O–H groups in total. The fourth-order valence-corrected chi connectivity index (χ4v) is 4.06. The summed E-state index contributed by atoms with van der Waals surface area (Å²) >= 11 is 0. The smallest absolute Gasteiger partial charge is 0.190 e. The topological polar surface area (TPSA) is 46.2 Å². The van der Waals surface area contributed by atoms with Crippen molar-refractivity contribution in [2.45, 2.75) is 38.1 Å². The molecule has 26 heavy (non-hydrogen) atoms. The van der Waals surface area contributed by atoms with Gasteiger partial charge in [0.25, 0.3) is 0 Å². The molecular formula is C23H23NO2. The minimum Gasteiger partial charge on any atom is -0.314 e. The second kappa shape index (κ2) is 7.38. The van der Waals surface area contributed by atoms with Crippen LogP contribution < -0.4 is 5.32 Å². The molecule has 0 aromatic heterocycles. The quantitative estimate of drug-likeness (QED) is 0.906. The molecule has 0 bridgehead atoms. The summed E-state index contributed by atoms with van der Waals surface area (Å²) in [6.45, 7) is 0.918. The predicted molar refractivity (Wildman–Crippen MR) is 103 cm³/mol. The SMILES string of the molecule is O=C1C2=C(CCC(NCCc3ccccc3)CC2)C(=O)c2ccccc21. The van der Waals surface area contributed by atoms with Gasteiger partial charge in [0.05, 0.1) is 0 Å². The van der Waals surface area contributed by atoms with Gasteiger partial charge in [-0.05, 0) is 44.2 Å². The number of fused-ring (bicyclic) bond motifs is 1. The van der Waals surface area contributed by atoms with Crippen LogP contribution in [-0.2, 0) is 6.42 Å². The van der Waals surface area contributed by atoms with Crippen LogP contribution in [-0.4, -0.2) is 24.2 Å². The first-order valence-corrected chi connectivity index (χ1v) is 9.42. The Kier molecular flexibility index (Phi) is 4.81. The number of rotatable bonds is 4. The Bertz CT molecular complexity index is 818. The van der Waals surface area contributed by atoms with Gasteiger partial charge in [-0.15, -0.1) is 0 Å². The van der Waals surface area contributed by atoms with Crippen molar-refractivity contribution in [1.82, 2.24) is 5.32 Å². The number of carbonyl (C=O) groups is 2. The molecule has 132 valence electrons. The second-order valence-corrected chi connectivity index (χ2v) is 7.12. The van der Waals surface area contributed by atoms with Gasteiger partial charge in [0.2, 0.25) is 0 Å². The lowest BCUT2D eigenvalue weighted by atomic mass is 9.82. The first-order chi connectivity index (χ1) is 12.7. The highest BCUT2D eigenvalue weighted by Crippen LogP contribution is 2.34. The van der Waals surface area contributed by atoms with Gasteiger partial charge in [0.15, 0.2) is 11.6 Å². The highest BCUT2D eigenvalue weighted by atomic mass is 16.1. The summed E-state index contributed by atoms with van der Waals surface area (Å²) in [7, 11) is 0. The third kappa shape index (κ3) is 3.27. The number of ketones is 2. The highest BCUT2D eigenvalue weighted by molar-refractivity contribution is 6.26. The molecule has 0 aliphatic heterocycles. The fourth-order valence-electron chi connectivity index (χ4n) is 4.06. The summed E-state index contributed by atoms with van der Waals surface area (Å²) in [6, 6.07) is 18.0. The molecule has 0 spiro atoms. The number of Topliss-reactive ketones (excluding diaryl/α,β-unsaturated/α-hetero) is 2. The number of nitrogens with one attached hydrogen (secondary N) is 1. The predicted octanol–water partition coefficient (Wildman–Crippen LogP) is 4.14. The van der Waals surface area contributed by atoms with Gasteiger partial charge in [0, 0.05) is 28.3 Å². The first-order valence-electron chi connectivity index (χ1n) is 9.42. The summed E-state index contributed by atoms with van der Waals surface area (Å²) in [5, 5.41) is 3.62. The number of allylic oxidation sites excluding steroid dienone is 2. The van der Waals surface area contributed by atoms with Crippen LogP contribution in [0.1, 0.15) is 52.0 Å². The Morgan fingerprint density at radius 3 is 1.88 bits per heavy atom. The van der Waals surface area contributed by atoms with Crippen LogP contribution in [0.25, 0.3) is 0 Å². The molecule has 0 fully saturated rings. The lowest BCUT2D eigenvalue weighted by Crippen LogP contribution is -2.30. The molecule has 0 atom stereocenters. The second-order valence-electron chi connectivity index (χ2n) is 7.12. The molecule has 3 nitrogen and oxygen atoms in total. The molecule has 2 aliphatic carbocycles. The number of hydrogen-bond donors (Lipinski definition) is 1. The van der Waals surface area contributed by atoms with E-state index in [2.05, 4.69) is 29.6 Å². The largest absolute Gasteiger partial charge is 0.314 e. The summed E-state index contributed by atoms with van der Waals surface area (Å²) in [6.07, 6.45) is 4.20. The third-order valence-electron chi connectivity index (χ3n) is 5.50. The van der Waals surface area contributed by atoms with Gasteiger partial charge in [-0.3, -0.25) is 9.59 Å². The maximum atomic E-state index is 12.8. The van der Waals surface area contributed by atoms with Gasteiger partial charge in [-0.1, -0.05) is 54.6 Å². The van der Waals surface area contributed by atoms with Gasteiger partial charge in [0.1, 0.15) is 0 Å². The van der Waals surface area contributed by atoms with E-state index < -0.39 is 0 Å². The van der Waals surface area contributed by atoms with Crippen molar-refractivity contribution >= 4 is 11.6 Å². The average molecular weight is 345 g/mol. The Morgan fingerprint density at radius 1 is 0.769 bits per heavy atom. The van der Waals surface area contributed by atoms with E-state index in [1.807, 2.05) is 18.2 Å². The molecule has 2 aliphatic rings. The van der Waals surface area contributed by atoms with Crippen LogP contribution in [0.4, 0.5) is 0 Å². The van der Waals surface area contributed by atoms with E-state index in [1.54, 1.807) is 12.1 Å². The van der Waals surface area contributed by atoms with E-state index in [0.717, 1.165) is 37.0 Å². The Hall–Kier alpha value is -2.52. The van der Waals surface area contributed by atoms with E-state index in [0.29, 0.717) is 30.0 Å². The molecule has 0 saturated carbocycles. The minimum absolute atomic E-state index is 0.0557. The first kappa shape index (κ1) is 16.9. The van der Waals surface area contributed by atoms with Crippen LogP contribution >= 0.6 is 0 Å². The standard InChI is InChI=1S/C23H23NO2/c25-22-18-8-4-5-9-19(18)23(26)21-13-11-17(10-12-20(21)22)24-15-14-16-6-2-1-3-7-16/h1-9,17,24H,10-15H2. The summed E-state index contributed by atoms with van der Waals surface area (Å²) in [5.41, 5.74) is 3.98. The minimum atomic E-state index is 0.0557. The zero-order valence-electron chi connectivity index (χ0n) is 14.8. The zero-order valence-corrected chi connectivity index (χ0v) is 14.8. The fraction of sp³-hybridized carbons (Fsp3) is 0.304. The van der Waals surface area contributed by atoms with Crippen LogP contribution in [0.3, 0.4) is 0 Å². The maximum absolute atomic E-state index is 12.8. The molecule has 0 radical (unpaired) electrons. The molecule has 0 heterocycles. The van der Waals surface area contributed by atoms with E-state index in [4.69, 9.17) is 0 Å². The van der Waals surface area contributed by atoms with Crippen molar-refractivity contribution in [3.05, 3.63) is 82.4 Å². The molecular weight excluding hydrogens is 322 g/mol. The van der Waals surface area contributed by atoms with Crippen molar-refractivity contribution in [1.29, 1.82) is 0 Å². The van der Waals surface area contributed by atoms with E-state index >= 15 is 0 Å². The van der Waals surface area contributed by atoms with Crippen molar-refractivity contribution in [3.8, 4) is 0 Å². The molecule has 2 aromatic rings. The Morgan fingerprint density at radius 2 is 1.31 bits per heavy atom. The van der Waals surface area contributed by atoms with Crippen molar-refractivity contribution in [3.63, 3.8) is 0 Å². The van der Waals surface area contributed by atoms with Gasteiger partial charge < -0.3 is 5.32 Å². The van der Waals surface area contributed by atoms with Crippen LogP contribution in [0.2, 0.25) is 0 Å². The summed E-state index contributed by atoms with van der Waals surface area (Å²) in [5.74, 6) is 0.111. The van der Waals surface area contributed by atoms with Gasteiger partial charge in [-0.25, -0.2) is 0 Å². The van der Waals surface area contributed by atoms with Crippen molar-refractivity contribution in [2.24, 2.45) is 0 Å². The van der Waals surface area contributed by atoms with Crippen molar-refractivity contribution in [2.75, 3.05) is 6.54 Å². The summed E-state index contributed by atoms with van der Waals surface area (Å²) < 4.78 is 0. The normalized spacial score (nSPS) is 17.7. The number of hydrogen-bond acceptors (Lipinski definition) is 3. The van der Waals surface area contributed by atoms with Crippen LogP contribution in [0.15, 0.2) is 65.7 Å². The highest BCUT2D eigenvalue weighted by Gasteiger charge is 2.33. The Labute approximate surface area is 154 Å². The molecule has 0 amide bonds. The van der Waals surface area contributed by atoms with E-state index in [-0.39, 0.29) is 11.6 Å². The number of carbonyl (C=O) groups excluding carboxylic acids is 2. The lowest BCUT2D eigenvalue weighted by Gasteiger charge is -2.19. The van der Waals surface area contributed by atoms with Gasteiger partial charge >= 0.3 is 0 Å². The molecule has 0 saturated heterocycles. The molecule has 0 unspecified atom stereocenters. The molecule has 3 heteroatoms. The average Bonchev–Trinajstić information content (AvgIpc) is 2.90. The van der Waals surface area contributed by atoms with E-state index in [9.17, 15) is 9.59 Å². The number of benzene rings is 2.